The molecule has 0 aromatic rings. The lowest BCUT2D eigenvalue weighted by molar-refractivity contribution is 0.0432. The first-order valence-corrected chi connectivity index (χ1v) is 3.85. The van der Waals surface area contributed by atoms with E-state index in [4.69, 9.17) is 0 Å². The van der Waals surface area contributed by atoms with E-state index in [9.17, 15) is 4.48 Å². The van der Waals surface area contributed by atoms with Gasteiger partial charge in [0, 0.05) is 26.2 Å². The van der Waals surface area contributed by atoms with E-state index in [1.165, 1.54) is 0 Å². The Kier molecular flexibility index (Phi) is 1.42. The Bertz CT molecular complexity index is 112. The van der Waals surface area contributed by atoms with E-state index in [0.29, 0.717) is 24.9 Å². The Morgan fingerprint density at radius 2 is 1.60 bits per heavy atom. The number of hydrogen-bond acceptors (Lipinski definition) is 2. The molecule has 0 N–H and O–H groups in total. The minimum atomic E-state index is 0.606. The van der Waals surface area contributed by atoms with E-state index < -0.39 is 0 Å². The molecule has 0 radical (unpaired) electrons. The highest BCUT2D eigenvalue weighted by atomic mass is 19.2. The highest BCUT2D eigenvalue weighted by molar-refractivity contribution is 4.89. The Hall–Kier alpha value is -0.150. The number of halogens is 1. The van der Waals surface area contributed by atoms with Crippen LogP contribution in [0.25, 0.3) is 0 Å². The standard InChI is InChI=1S/C7H13FN2/c1-9-2-6-4-10(8)5-7(6)3-9/h6-7H,2-5H2,1H3/t6-,7+. The fourth-order valence-corrected chi connectivity index (χ4v) is 2.17. The Labute approximate surface area is 60.5 Å². The average Bonchev–Trinajstić information content (AvgIpc) is 2.21. The van der Waals surface area contributed by atoms with Gasteiger partial charge in [-0.3, -0.25) is 0 Å². The first-order chi connectivity index (χ1) is 4.75. The molecule has 3 heteroatoms. The number of nitrogens with zero attached hydrogens (tertiary/aromatic N) is 2. The molecule has 0 saturated carbocycles. The van der Waals surface area contributed by atoms with Crippen molar-refractivity contribution in [1.82, 2.24) is 10.0 Å². The summed E-state index contributed by atoms with van der Waals surface area (Å²) in [5, 5.41) is 0.961. The molecule has 2 atom stereocenters. The maximum absolute atomic E-state index is 12.6. The van der Waals surface area contributed by atoms with E-state index in [2.05, 4.69) is 11.9 Å². The lowest BCUT2D eigenvalue weighted by Gasteiger charge is -2.10. The van der Waals surface area contributed by atoms with Crippen molar-refractivity contribution in [3.63, 3.8) is 0 Å². The van der Waals surface area contributed by atoms with Crippen LogP contribution < -0.4 is 0 Å². The van der Waals surface area contributed by atoms with Crippen LogP contribution in [-0.4, -0.2) is 43.2 Å². The molecule has 0 aromatic heterocycles. The van der Waals surface area contributed by atoms with Gasteiger partial charge < -0.3 is 4.90 Å². The van der Waals surface area contributed by atoms with Gasteiger partial charge in [0.2, 0.25) is 0 Å². The first-order valence-electron chi connectivity index (χ1n) is 3.85. The van der Waals surface area contributed by atoms with Crippen LogP contribution in [0.15, 0.2) is 0 Å². The van der Waals surface area contributed by atoms with Crippen LogP contribution in [0.2, 0.25) is 0 Å². The molecule has 0 amide bonds. The molecule has 0 bridgehead atoms. The number of fused-ring (bicyclic) bond motifs is 1. The van der Waals surface area contributed by atoms with Crippen molar-refractivity contribution in [2.75, 3.05) is 33.2 Å². The van der Waals surface area contributed by atoms with Crippen molar-refractivity contribution < 1.29 is 4.48 Å². The summed E-state index contributed by atoms with van der Waals surface area (Å²) in [4.78, 5) is 2.29. The van der Waals surface area contributed by atoms with Crippen LogP contribution in [0.5, 0.6) is 0 Å². The summed E-state index contributed by atoms with van der Waals surface area (Å²) < 4.78 is 12.6. The zero-order chi connectivity index (χ0) is 7.14. The van der Waals surface area contributed by atoms with Crippen LogP contribution in [0.3, 0.4) is 0 Å². The van der Waals surface area contributed by atoms with Crippen LogP contribution in [0.1, 0.15) is 0 Å². The molecule has 2 aliphatic heterocycles. The van der Waals surface area contributed by atoms with Gasteiger partial charge in [-0.05, 0) is 18.9 Å². The fraction of sp³-hybridized carbons (Fsp3) is 1.00. The topological polar surface area (TPSA) is 6.48 Å². The minimum Gasteiger partial charge on any atom is -0.306 e. The van der Waals surface area contributed by atoms with Gasteiger partial charge in [0.25, 0.3) is 0 Å². The third-order valence-electron chi connectivity index (χ3n) is 2.62. The van der Waals surface area contributed by atoms with Gasteiger partial charge in [-0.2, -0.15) is 0 Å². The monoisotopic (exact) mass is 144 g/mol. The third-order valence-corrected chi connectivity index (χ3v) is 2.62. The highest BCUT2D eigenvalue weighted by Crippen LogP contribution is 2.29. The van der Waals surface area contributed by atoms with Crippen molar-refractivity contribution in [2.24, 2.45) is 11.8 Å². The van der Waals surface area contributed by atoms with Gasteiger partial charge in [0.1, 0.15) is 0 Å². The van der Waals surface area contributed by atoms with Crippen molar-refractivity contribution >= 4 is 0 Å². The van der Waals surface area contributed by atoms with E-state index in [-0.39, 0.29) is 0 Å². The number of rotatable bonds is 0. The quantitative estimate of drug-likeness (QED) is 0.453. The van der Waals surface area contributed by atoms with Crippen LogP contribution in [0.4, 0.5) is 4.48 Å². The molecule has 2 fully saturated rings. The van der Waals surface area contributed by atoms with Gasteiger partial charge in [-0.25, -0.2) is 0 Å². The maximum Gasteiger partial charge on any atom is 0.0334 e. The van der Waals surface area contributed by atoms with Gasteiger partial charge in [0.15, 0.2) is 0 Å². The highest BCUT2D eigenvalue weighted by Gasteiger charge is 2.38. The largest absolute Gasteiger partial charge is 0.306 e. The zero-order valence-corrected chi connectivity index (χ0v) is 6.26. The van der Waals surface area contributed by atoms with Crippen molar-refractivity contribution in [3.05, 3.63) is 0 Å². The second kappa shape index (κ2) is 2.17. The second-order valence-corrected chi connectivity index (χ2v) is 3.57. The fourth-order valence-electron chi connectivity index (χ4n) is 2.17. The number of hydrogen-bond donors (Lipinski definition) is 0. The molecule has 0 aliphatic carbocycles. The summed E-state index contributed by atoms with van der Waals surface area (Å²) in [5.74, 6) is 1.21. The molecule has 10 heavy (non-hydrogen) atoms. The summed E-state index contributed by atoms with van der Waals surface area (Å²) in [5.41, 5.74) is 0. The Morgan fingerprint density at radius 1 is 1.10 bits per heavy atom. The third kappa shape index (κ3) is 0.935. The average molecular weight is 144 g/mol. The first kappa shape index (κ1) is 6.55. The molecule has 2 rings (SSSR count). The molecule has 2 saturated heterocycles. The predicted molar refractivity (Wildman–Crippen MR) is 37.2 cm³/mol. The minimum absolute atomic E-state index is 0.606. The molecule has 58 valence electrons. The summed E-state index contributed by atoms with van der Waals surface area (Å²) in [6, 6.07) is 0. The van der Waals surface area contributed by atoms with Crippen LogP contribution >= 0.6 is 0 Å². The SMILES string of the molecule is CN1C[C@@H]2CN(F)C[C@@H]2C1. The predicted octanol–water partition coefficient (Wildman–Crippen LogP) is 0.364. The Balaban J connectivity index is 2.00. The summed E-state index contributed by atoms with van der Waals surface area (Å²) in [6.07, 6.45) is 0. The van der Waals surface area contributed by atoms with E-state index in [0.717, 1.165) is 18.2 Å². The van der Waals surface area contributed by atoms with Gasteiger partial charge in [0.05, 0.1) is 0 Å². The van der Waals surface area contributed by atoms with Crippen molar-refractivity contribution in [3.8, 4) is 0 Å². The lowest BCUT2D eigenvalue weighted by atomic mass is 10.0. The van der Waals surface area contributed by atoms with Crippen LogP contribution in [0, 0.1) is 11.8 Å². The molecule has 0 unspecified atom stereocenters. The van der Waals surface area contributed by atoms with E-state index in [1.54, 1.807) is 0 Å². The second-order valence-electron chi connectivity index (χ2n) is 3.57. The molecular weight excluding hydrogens is 131 g/mol. The summed E-state index contributed by atoms with van der Waals surface area (Å²) in [7, 11) is 2.11. The van der Waals surface area contributed by atoms with E-state index in [1.807, 2.05) is 0 Å². The molecular formula is C7H13FN2. The lowest BCUT2D eigenvalue weighted by Crippen LogP contribution is -2.21. The van der Waals surface area contributed by atoms with Crippen molar-refractivity contribution in [2.45, 2.75) is 0 Å². The van der Waals surface area contributed by atoms with Crippen molar-refractivity contribution in [1.29, 1.82) is 0 Å². The van der Waals surface area contributed by atoms with Gasteiger partial charge >= 0.3 is 0 Å². The molecule has 2 heterocycles. The molecule has 0 aromatic carbocycles. The Morgan fingerprint density at radius 3 is 2.10 bits per heavy atom. The normalized spacial score (nSPS) is 42.6. The number of likely N-dealkylation sites (tertiary alicyclic amines) is 1. The van der Waals surface area contributed by atoms with Gasteiger partial charge in [-0.1, -0.05) is 0 Å². The summed E-state index contributed by atoms with van der Waals surface area (Å²) >= 11 is 0. The molecule has 2 nitrogen and oxygen atoms in total. The summed E-state index contributed by atoms with van der Waals surface area (Å²) in [6.45, 7) is 3.50. The smallest absolute Gasteiger partial charge is 0.0334 e. The molecule has 2 aliphatic rings. The van der Waals surface area contributed by atoms with Gasteiger partial charge in [-0.15, -0.1) is 9.60 Å². The van der Waals surface area contributed by atoms with E-state index >= 15 is 0 Å². The maximum atomic E-state index is 12.6. The van der Waals surface area contributed by atoms with Crippen LogP contribution in [-0.2, 0) is 0 Å². The zero-order valence-electron chi connectivity index (χ0n) is 6.26. The molecule has 0 spiro atoms.